The molecule has 5 nitrogen and oxygen atoms in total. The van der Waals surface area contributed by atoms with Crippen LogP contribution in [0.4, 0.5) is 8.78 Å². The molecule has 2 aromatic rings. The normalized spacial score (nSPS) is 10.5. The van der Waals surface area contributed by atoms with E-state index in [1.54, 1.807) is 24.3 Å². The predicted molar refractivity (Wildman–Crippen MR) is 95.6 cm³/mol. The van der Waals surface area contributed by atoms with Gasteiger partial charge in [0.25, 0.3) is 11.7 Å². The molecule has 0 fully saturated rings. The van der Waals surface area contributed by atoms with Crippen LogP contribution < -0.4 is 19.5 Å². The highest BCUT2D eigenvalue weighted by molar-refractivity contribution is 7.99. The number of thioether (sulfide) groups is 1. The smallest absolute Gasteiger partial charge is 0.288 e. The summed E-state index contributed by atoms with van der Waals surface area (Å²) in [5.41, 5.74) is 0.856. The highest BCUT2D eigenvalue weighted by Gasteiger charge is 2.17. The predicted octanol–water partition coefficient (Wildman–Crippen LogP) is 3.96. The van der Waals surface area contributed by atoms with E-state index in [9.17, 15) is 13.6 Å². The van der Waals surface area contributed by atoms with E-state index in [4.69, 9.17) is 14.2 Å². The molecule has 26 heavy (non-hydrogen) atoms. The van der Waals surface area contributed by atoms with E-state index in [1.807, 2.05) is 0 Å². The molecule has 0 unspecified atom stereocenters. The summed E-state index contributed by atoms with van der Waals surface area (Å²) in [4.78, 5) is 12.7. The Labute approximate surface area is 154 Å². The molecule has 0 saturated heterocycles. The zero-order valence-electron chi connectivity index (χ0n) is 14.5. The molecule has 0 atom stereocenters. The van der Waals surface area contributed by atoms with Gasteiger partial charge >= 0.3 is 0 Å². The van der Waals surface area contributed by atoms with Crippen molar-refractivity contribution in [2.75, 3.05) is 21.3 Å². The van der Waals surface area contributed by atoms with Gasteiger partial charge in [-0.3, -0.25) is 4.79 Å². The number of carbonyl (C=O) groups excluding carboxylic acids is 1. The zero-order valence-corrected chi connectivity index (χ0v) is 15.4. The van der Waals surface area contributed by atoms with Gasteiger partial charge in [-0.2, -0.15) is 8.78 Å². The van der Waals surface area contributed by atoms with Crippen molar-refractivity contribution in [2.24, 2.45) is 0 Å². The van der Waals surface area contributed by atoms with E-state index < -0.39 is 11.7 Å². The lowest BCUT2D eigenvalue weighted by Crippen LogP contribution is -2.23. The Morgan fingerprint density at radius 2 is 1.65 bits per heavy atom. The molecule has 0 aliphatic rings. The van der Waals surface area contributed by atoms with Crippen LogP contribution in [-0.2, 0) is 6.54 Å². The minimum absolute atomic E-state index is 0.135. The topological polar surface area (TPSA) is 56.8 Å². The summed E-state index contributed by atoms with van der Waals surface area (Å²) < 4.78 is 41.1. The van der Waals surface area contributed by atoms with Crippen LogP contribution in [0.5, 0.6) is 17.2 Å². The number of halogens is 2. The third-order valence-corrected chi connectivity index (χ3v) is 4.36. The first kappa shape index (κ1) is 19.8. The average Bonchev–Trinajstić information content (AvgIpc) is 2.65. The number of alkyl halides is 2. The number of methoxy groups -OCH3 is 3. The number of benzene rings is 2. The number of hydrogen-bond acceptors (Lipinski definition) is 5. The van der Waals surface area contributed by atoms with Gasteiger partial charge in [0.2, 0.25) is 0 Å². The first-order chi connectivity index (χ1) is 12.5. The van der Waals surface area contributed by atoms with Crippen LogP contribution in [0.3, 0.4) is 0 Å². The summed E-state index contributed by atoms with van der Waals surface area (Å²) in [6.45, 7) is 0.135. The molecule has 1 N–H and O–H groups in total. The second kappa shape index (κ2) is 9.28. The van der Waals surface area contributed by atoms with Crippen LogP contribution in [0.2, 0.25) is 0 Å². The number of hydrogen-bond donors (Lipinski definition) is 1. The number of rotatable bonds is 8. The second-order valence-electron chi connectivity index (χ2n) is 5.08. The van der Waals surface area contributed by atoms with Gasteiger partial charge in [0.1, 0.15) is 5.75 Å². The second-order valence-corrected chi connectivity index (χ2v) is 6.11. The van der Waals surface area contributed by atoms with Gasteiger partial charge in [0, 0.05) is 23.1 Å². The fraction of sp³-hybridized carbons (Fsp3) is 0.278. The summed E-state index contributed by atoms with van der Waals surface area (Å²) in [6, 6.07) is 9.58. The highest BCUT2D eigenvalue weighted by Crippen LogP contribution is 2.34. The van der Waals surface area contributed by atoms with Gasteiger partial charge in [-0.1, -0.05) is 23.9 Å². The third kappa shape index (κ3) is 4.78. The maximum Gasteiger partial charge on any atom is 0.288 e. The summed E-state index contributed by atoms with van der Waals surface area (Å²) in [5.74, 6) is -1.55. The Morgan fingerprint density at radius 3 is 2.27 bits per heavy atom. The molecular weight excluding hydrogens is 364 g/mol. The lowest BCUT2D eigenvalue weighted by atomic mass is 10.1. The van der Waals surface area contributed by atoms with Gasteiger partial charge in [0.15, 0.2) is 11.5 Å². The summed E-state index contributed by atoms with van der Waals surface area (Å²) in [5, 5.41) is 2.72. The molecule has 0 heterocycles. The Balaban J connectivity index is 2.20. The fourth-order valence-corrected chi connectivity index (χ4v) is 2.99. The van der Waals surface area contributed by atoms with E-state index in [1.165, 1.54) is 33.5 Å². The monoisotopic (exact) mass is 383 g/mol. The molecule has 0 aromatic heterocycles. The third-order valence-electron chi connectivity index (χ3n) is 3.57. The van der Waals surface area contributed by atoms with Crippen LogP contribution in [0, 0.1) is 0 Å². The van der Waals surface area contributed by atoms with Crippen LogP contribution >= 0.6 is 11.8 Å². The Morgan fingerprint density at radius 1 is 1.04 bits per heavy atom. The van der Waals surface area contributed by atoms with Gasteiger partial charge < -0.3 is 19.5 Å². The van der Waals surface area contributed by atoms with Crippen molar-refractivity contribution >= 4 is 17.7 Å². The Hall–Kier alpha value is -2.48. The molecule has 0 bridgehead atoms. The summed E-state index contributed by atoms with van der Waals surface area (Å²) in [6.07, 6.45) is 0. The molecule has 2 rings (SSSR count). The van der Waals surface area contributed by atoms with E-state index in [2.05, 4.69) is 5.32 Å². The average molecular weight is 383 g/mol. The van der Waals surface area contributed by atoms with Crippen molar-refractivity contribution in [3.05, 3.63) is 47.5 Å². The number of amides is 1. The van der Waals surface area contributed by atoms with Crippen LogP contribution in [0.1, 0.15) is 15.9 Å². The van der Waals surface area contributed by atoms with Crippen LogP contribution in [-0.4, -0.2) is 33.0 Å². The Kier molecular flexibility index (Phi) is 7.08. The standard InChI is InChI=1S/C18H19F2NO4S/c1-23-13-9-15(25-3)14(24-2)8-11(13)10-21-17(22)12-6-4-5-7-16(12)26-18(19)20/h4-9,18H,10H2,1-3H3,(H,21,22). The first-order valence-electron chi connectivity index (χ1n) is 7.61. The molecular formula is C18H19F2NO4S. The van der Waals surface area contributed by atoms with E-state index in [0.717, 1.165) is 0 Å². The zero-order chi connectivity index (χ0) is 19.1. The highest BCUT2D eigenvalue weighted by atomic mass is 32.2. The van der Waals surface area contributed by atoms with E-state index in [0.29, 0.717) is 34.6 Å². The number of ether oxygens (including phenoxy) is 3. The van der Waals surface area contributed by atoms with Gasteiger partial charge in [-0.25, -0.2) is 0 Å². The van der Waals surface area contributed by atoms with E-state index >= 15 is 0 Å². The molecule has 8 heteroatoms. The summed E-state index contributed by atoms with van der Waals surface area (Å²) >= 11 is 0.338. The quantitative estimate of drug-likeness (QED) is 0.700. The minimum atomic E-state index is -2.60. The maximum absolute atomic E-state index is 12.7. The van der Waals surface area contributed by atoms with Crippen LogP contribution in [0.15, 0.2) is 41.3 Å². The van der Waals surface area contributed by atoms with Crippen molar-refractivity contribution in [2.45, 2.75) is 17.2 Å². The SMILES string of the molecule is COc1cc(OC)c(OC)cc1CNC(=O)c1ccccc1SC(F)F. The lowest BCUT2D eigenvalue weighted by Gasteiger charge is -2.15. The van der Waals surface area contributed by atoms with Crippen molar-refractivity contribution in [1.29, 1.82) is 0 Å². The van der Waals surface area contributed by atoms with Crippen LogP contribution in [0.25, 0.3) is 0 Å². The molecule has 1 amide bonds. The number of nitrogens with one attached hydrogen (secondary N) is 1. The van der Waals surface area contributed by atoms with Crippen molar-refractivity contribution < 1.29 is 27.8 Å². The first-order valence-corrected chi connectivity index (χ1v) is 8.49. The molecule has 0 saturated carbocycles. The molecule has 0 aliphatic heterocycles. The molecule has 0 radical (unpaired) electrons. The van der Waals surface area contributed by atoms with Crippen molar-refractivity contribution in [1.82, 2.24) is 5.32 Å². The molecule has 2 aromatic carbocycles. The van der Waals surface area contributed by atoms with Gasteiger partial charge in [-0.05, 0) is 18.2 Å². The number of carbonyl (C=O) groups is 1. The van der Waals surface area contributed by atoms with Crippen molar-refractivity contribution in [3.8, 4) is 17.2 Å². The Bertz CT molecular complexity index is 771. The lowest BCUT2D eigenvalue weighted by molar-refractivity contribution is 0.0947. The summed E-state index contributed by atoms with van der Waals surface area (Å²) in [7, 11) is 4.52. The minimum Gasteiger partial charge on any atom is -0.496 e. The van der Waals surface area contributed by atoms with Crippen molar-refractivity contribution in [3.63, 3.8) is 0 Å². The molecule has 0 aliphatic carbocycles. The van der Waals surface area contributed by atoms with Gasteiger partial charge in [0.05, 0.1) is 26.9 Å². The largest absolute Gasteiger partial charge is 0.496 e. The van der Waals surface area contributed by atoms with E-state index in [-0.39, 0.29) is 17.0 Å². The fourth-order valence-electron chi connectivity index (χ4n) is 2.35. The molecule has 140 valence electrons. The molecule has 0 spiro atoms. The van der Waals surface area contributed by atoms with Gasteiger partial charge in [-0.15, -0.1) is 0 Å². The maximum atomic E-state index is 12.7.